The number of amides is 1. The summed E-state index contributed by atoms with van der Waals surface area (Å²) in [5, 5.41) is 0.458. The maximum absolute atomic E-state index is 13.2. The Bertz CT molecular complexity index is 1250. The van der Waals surface area contributed by atoms with Gasteiger partial charge in [-0.1, -0.05) is 36.4 Å². The van der Waals surface area contributed by atoms with E-state index in [9.17, 15) is 9.59 Å². The van der Waals surface area contributed by atoms with E-state index in [2.05, 4.69) is 0 Å². The van der Waals surface area contributed by atoms with Gasteiger partial charge in [0.1, 0.15) is 17.0 Å². The summed E-state index contributed by atoms with van der Waals surface area (Å²) >= 11 is 0. The summed E-state index contributed by atoms with van der Waals surface area (Å²) in [6.45, 7) is 7.53. The lowest BCUT2D eigenvalue weighted by Gasteiger charge is -2.20. The van der Waals surface area contributed by atoms with Crippen LogP contribution in [0, 0.1) is 6.92 Å². The first-order valence-corrected chi connectivity index (χ1v) is 9.89. The summed E-state index contributed by atoms with van der Waals surface area (Å²) in [5.41, 5.74) is 3.45. The van der Waals surface area contributed by atoms with Crippen LogP contribution in [0.3, 0.4) is 0 Å². The van der Waals surface area contributed by atoms with Crippen molar-refractivity contribution in [2.45, 2.75) is 27.3 Å². The van der Waals surface area contributed by atoms with Crippen molar-refractivity contribution in [3.05, 3.63) is 81.9 Å². The molecule has 0 saturated carbocycles. The normalized spacial score (nSPS) is 11.3. The Balaban J connectivity index is 2.02. The minimum Gasteiger partial charge on any atom is -0.338 e. The van der Waals surface area contributed by atoms with E-state index in [1.807, 2.05) is 67.8 Å². The molecule has 148 valence electrons. The Morgan fingerprint density at radius 1 is 1.03 bits per heavy atom. The Morgan fingerprint density at radius 3 is 2.45 bits per heavy atom. The predicted molar refractivity (Wildman–Crippen MR) is 114 cm³/mol. The van der Waals surface area contributed by atoms with Crippen molar-refractivity contribution in [1.29, 1.82) is 0 Å². The monoisotopic (exact) mass is 388 g/mol. The highest BCUT2D eigenvalue weighted by atomic mass is 16.2. The summed E-state index contributed by atoms with van der Waals surface area (Å²) in [7, 11) is 0. The SMILES string of the molecule is CCN(CC)C(=O)c1cc2c(=O)n3cccc(C)c3nc2n1Cc1ccccc1. The second-order valence-corrected chi connectivity index (χ2v) is 7.12. The molecule has 3 aromatic heterocycles. The lowest BCUT2D eigenvalue weighted by molar-refractivity contribution is 0.0763. The molecule has 4 rings (SSSR count). The maximum Gasteiger partial charge on any atom is 0.270 e. The van der Waals surface area contributed by atoms with Gasteiger partial charge in [-0.05, 0) is 44.0 Å². The van der Waals surface area contributed by atoms with Crippen LogP contribution in [-0.4, -0.2) is 37.8 Å². The van der Waals surface area contributed by atoms with Crippen LogP contribution < -0.4 is 5.56 Å². The van der Waals surface area contributed by atoms with Crippen LogP contribution in [0.2, 0.25) is 0 Å². The van der Waals surface area contributed by atoms with Crippen LogP contribution in [0.15, 0.2) is 59.5 Å². The van der Waals surface area contributed by atoms with Crippen molar-refractivity contribution in [1.82, 2.24) is 18.9 Å². The van der Waals surface area contributed by atoms with Crippen LogP contribution in [0.1, 0.15) is 35.5 Å². The number of pyridine rings is 1. The van der Waals surface area contributed by atoms with Crippen molar-refractivity contribution >= 4 is 22.6 Å². The van der Waals surface area contributed by atoms with E-state index in [1.165, 1.54) is 0 Å². The van der Waals surface area contributed by atoms with E-state index in [0.717, 1.165) is 11.1 Å². The first kappa shape index (κ1) is 18.9. The van der Waals surface area contributed by atoms with Gasteiger partial charge in [-0.2, -0.15) is 0 Å². The smallest absolute Gasteiger partial charge is 0.270 e. The van der Waals surface area contributed by atoms with Crippen LogP contribution in [-0.2, 0) is 6.54 Å². The van der Waals surface area contributed by atoms with E-state index in [-0.39, 0.29) is 11.5 Å². The fourth-order valence-corrected chi connectivity index (χ4v) is 3.74. The van der Waals surface area contributed by atoms with E-state index in [0.29, 0.717) is 42.0 Å². The van der Waals surface area contributed by atoms with Crippen molar-refractivity contribution < 1.29 is 4.79 Å². The quantitative estimate of drug-likeness (QED) is 0.526. The van der Waals surface area contributed by atoms with Crippen LogP contribution in [0.25, 0.3) is 16.7 Å². The highest BCUT2D eigenvalue weighted by Crippen LogP contribution is 2.21. The van der Waals surface area contributed by atoms with Crippen LogP contribution in [0.5, 0.6) is 0 Å². The molecule has 0 spiro atoms. The number of benzene rings is 1. The zero-order valence-electron chi connectivity index (χ0n) is 16.9. The minimum atomic E-state index is -0.158. The fourth-order valence-electron chi connectivity index (χ4n) is 3.74. The van der Waals surface area contributed by atoms with Crippen LogP contribution >= 0.6 is 0 Å². The number of hydrogen-bond acceptors (Lipinski definition) is 3. The molecule has 0 N–H and O–H groups in total. The number of fused-ring (bicyclic) bond motifs is 2. The summed E-state index contributed by atoms with van der Waals surface area (Å²) < 4.78 is 3.43. The Hall–Kier alpha value is -3.41. The molecule has 0 aliphatic heterocycles. The second-order valence-electron chi connectivity index (χ2n) is 7.12. The van der Waals surface area contributed by atoms with Gasteiger partial charge in [0, 0.05) is 25.8 Å². The molecule has 3 heterocycles. The van der Waals surface area contributed by atoms with Gasteiger partial charge in [0.05, 0.1) is 5.39 Å². The molecule has 6 heteroatoms. The Labute approximate surface area is 169 Å². The number of carbonyl (C=O) groups is 1. The van der Waals surface area contributed by atoms with Gasteiger partial charge in [-0.3, -0.25) is 14.0 Å². The Kier molecular flexibility index (Phi) is 4.92. The molecule has 6 nitrogen and oxygen atoms in total. The molecule has 0 radical (unpaired) electrons. The molecule has 0 aliphatic rings. The maximum atomic E-state index is 13.2. The largest absolute Gasteiger partial charge is 0.338 e. The minimum absolute atomic E-state index is 0.0888. The van der Waals surface area contributed by atoms with Gasteiger partial charge < -0.3 is 9.47 Å². The van der Waals surface area contributed by atoms with Crippen molar-refractivity contribution in [2.75, 3.05) is 13.1 Å². The number of carbonyl (C=O) groups excluding carboxylic acids is 1. The molecule has 29 heavy (non-hydrogen) atoms. The number of aryl methyl sites for hydroxylation is 1. The molecule has 0 saturated heterocycles. The average molecular weight is 388 g/mol. The van der Waals surface area contributed by atoms with Crippen molar-refractivity contribution in [3.8, 4) is 0 Å². The zero-order valence-corrected chi connectivity index (χ0v) is 16.9. The standard InChI is InChI=1S/C23H24N4O2/c1-4-25(5-2)23(29)19-14-18-21(27(19)15-17-11-7-6-8-12-17)24-20-16(3)10-9-13-26(20)22(18)28/h6-14H,4-5,15H2,1-3H3. The third-order valence-electron chi connectivity index (χ3n) is 5.34. The number of aromatic nitrogens is 3. The lowest BCUT2D eigenvalue weighted by Crippen LogP contribution is -2.32. The molecule has 0 fully saturated rings. The topological polar surface area (TPSA) is 59.6 Å². The third-order valence-corrected chi connectivity index (χ3v) is 5.34. The predicted octanol–water partition coefficient (Wildman–Crippen LogP) is 3.49. The third kappa shape index (κ3) is 3.20. The highest BCUT2D eigenvalue weighted by molar-refractivity contribution is 5.98. The van der Waals surface area contributed by atoms with E-state index >= 15 is 0 Å². The van der Waals surface area contributed by atoms with Gasteiger partial charge in [0.15, 0.2) is 0 Å². The first-order valence-electron chi connectivity index (χ1n) is 9.89. The molecular weight excluding hydrogens is 364 g/mol. The van der Waals surface area contributed by atoms with Crippen molar-refractivity contribution in [2.24, 2.45) is 0 Å². The molecule has 1 aromatic carbocycles. The lowest BCUT2D eigenvalue weighted by atomic mass is 10.2. The zero-order chi connectivity index (χ0) is 20.5. The summed E-state index contributed by atoms with van der Waals surface area (Å²) in [4.78, 5) is 33.0. The fraction of sp³-hybridized carbons (Fsp3) is 0.261. The van der Waals surface area contributed by atoms with Crippen LogP contribution in [0.4, 0.5) is 0 Å². The van der Waals surface area contributed by atoms with E-state index in [4.69, 9.17) is 4.98 Å². The molecule has 1 amide bonds. The molecule has 0 aliphatic carbocycles. The van der Waals surface area contributed by atoms with E-state index in [1.54, 1.807) is 21.6 Å². The highest BCUT2D eigenvalue weighted by Gasteiger charge is 2.23. The van der Waals surface area contributed by atoms with Gasteiger partial charge in [-0.25, -0.2) is 4.98 Å². The first-order chi connectivity index (χ1) is 14.0. The molecule has 0 atom stereocenters. The van der Waals surface area contributed by atoms with E-state index < -0.39 is 0 Å². The number of rotatable bonds is 5. The molecule has 0 bridgehead atoms. The molecule has 4 aromatic rings. The van der Waals surface area contributed by atoms with Gasteiger partial charge in [0.2, 0.25) is 0 Å². The number of nitrogens with zero attached hydrogens (tertiary/aromatic N) is 4. The van der Waals surface area contributed by atoms with Gasteiger partial charge >= 0.3 is 0 Å². The summed E-state index contributed by atoms with van der Waals surface area (Å²) in [6.07, 6.45) is 1.72. The van der Waals surface area contributed by atoms with Crippen molar-refractivity contribution in [3.63, 3.8) is 0 Å². The summed E-state index contributed by atoms with van der Waals surface area (Å²) in [6, 6.07) is 15.4. The average Bonchev–Trinajstić information content (AvgIpc) is 3.09. The number of hydrogen-bond donors (Lipinski definition) is 0. The Morgan fingerprint density at radius 2 is 1.76 bits per heavy atom. The van der Waals surface area contributed by atoms with Gasteiger partial charge in [-0.15, -0.1) is 0 Å². The molecular formula is C23H24N4O2. The summed E-state index contributed by atoms with van der Waals surface area (Å²) in [5.74, 6) is -0.0888. The molecule has 0 unspecified atom stereocenters. The second kappa shape index (κ2) is 7.54. The van der Waals surface area contributed by atoms with Gasteiger partial charge in [0.25, 0.3) is 11.5 Å².